The maximum Gasteiger partial charge on any atom is 0.00313 e. The van der Waals surface area contributed by atoms with Gasteiger partial charge >= 0.3 is 0 Å². The predicted molar refractivity (Wildman–Crippen MR) is 93.3 cm³/mol. The Bertz CT molecular complexity index is 154. The lowest BCUT2D eigenvalue weighted by molar-refractivity contribution is 0.503. The van der Waals surface area contributed by atoms with Gasteiger partial charge in [0.2, 0.25) is 0 Å². The molecular formula is C18H37Br. The van der Waals surface area contributed by atoms with E-state index in [4.69, 9.17) is 0 Å². The second-order valence-corrected chi connectivity index (χ2v) is 7.26. The van der Waals surface area contributed by atoms with E-state index in [1.54, 1.807) is 0 Å². The highest BCUT2D eigenvalue weighted by molar-refractivity contribution is 9.09. The summed E-state index contributed by atoms with van der Waals surface area (Å²) in [5.74, 6) is 0.898. The lowest BCUT2D eigenvalue weighted by Gasteiger charge is -2.04. The number of hydrogen-bond acceptors (Lipinski definition) is 0. The summed E-state index contributed by atoms with van der Waals surface area (Å²) < 4.78 is 0. The Morgan fingerprint density at radius 3 is 1.16 bits per heavy atom. The topological polar surface area (TPSA) is 0 Å². The number of halogens is 1. The third-order valence-electron chi connectivity index (χ3n) is 3.92. The van der Waals surface area contributed by atoms with Crippen LogP contribution in [0.3, 0.4) is 0 Å². The Kier molecular flexibility index (Phi) is 17.0. The van der Waals surface area contributed by atoms with Crippen LogP contribution in [-0.2, 0) is 0 Å². The number of rotatable bonds is 15. The molecule has 0 bridgehead atoms. The minimum atomic E-state index is 0.898. The van der Waals surface area contributed by atoms with Crippen molar-refractivity contribution in [3.63, 3.8) is 0 Å². The molecule has 0 aliphatic rings. The van der Waals surface area contributed by atoms with Crippen molar-refractivity contribution in [1.82, 2.24) is 0 Å². The quantitative estimate of drug-likeness (QED) is 0.215. The van der Waals surface area contributed by atoms with Crippen molar-refractivity contribution in [2.45, 2.75) is 104 Å². The van der Waals surface area contributed by atoms with Gasteiger partial charge in [-0.25, -0.2) is 0 Å². The molecule has 0 aliphatic heterocycles. The third-order valence-corrected chi connectivity index (χ3v) is 4.48. The van der Waals surface area contributed by atoms with E-state index in [1.165, 1.54) is 95.2 Å². The summed E-state index contributed by atoms with van der Waals surface area (Å²) in [4.78, 5) is 0. The Morgan fingerprint density at radius 2 is 0.842 bits per heavy atom. The van der Waals surface area contributed by atoms with Gasteiger partial charge in [-0.05, 0) is 12.3 Å². The normalized spacial score (nSPS) is 11.4. The Labute approximate surface area is 131 Å². The van der Waals surface area contributed by atoms with Crippen molar-refractivity contribution >= 4 is 15.9 Å². The first kappa shape index (κ1) is 19.5. The summed E-state index contributed by atoms with van der Waals surface area (Å²) >= 11 is 3.49. The van der Waals surface area contributed by atoms with E-state index in [9.17, 15) is 0 Å². The molecule has 0 amide bonds. The van der Waals surface area contributed by atoms with E-state index in [1.807, 2.05) is 0 Å². The van der Waals surface area contributed by atoms with Crippen LogP contribution in [0.1, 0.15) is 104 Å². The maximum absolute atomic E-state index is 3.49. The average Bonchev–Trinajstić information content (AvgIpc) is 2.39. The van der Waals surface area contributed by atoms with Gasteiger partial charge in [-0.15, -0.1) is 0 Å². The molecule has 0 N–H and O–H groups in total. The van der Waals surface area contributed by atoms with Gasteiger partial charge in [0, 0.05) is 5.33 Å². The molecule has 19 heavy (non-hydrogen) atoms. The van der Waals surface area contributed by atoms with Crippen LogP contribution >= 0.6 is 15.9 Å². The van der Waals surface area contributed by atoms with E-state index < -0.39 is 0 Å². The van der Waals surface area contributed by atoms with E-state index >= 15 is 0 Å². The minimum Gasteiger partial charge on any atom is -0.0928 e. The van der Waals surface area contributed by atoms with E-state index in [0.29, 0.717) is 0 Å². The molecule has 0 spiro atoms. The molecule has 1 heteroatoms. The van der Waals surface area contributed by atoms with Crippen LogP contribution in [0.5, 0.6) is 0 Å². The first-order valence-corrected chi connectivity index (χ1v) is 9.95. The van der Waals surface area contributed by atoms with Gasteiger partial charge in [-0.2, -0.15) is 0 Å². The smallest absolute Gasteiger partial charge is 0.00313 e. The second-order valence-electron chi connectivity index (χ2n) is 6.47. The highest BCUT2D eigenvalue weighted by Gasteiger charge is 1.95. The number of hydrogen-bond donors (Lipinski definition) is 0. The Balaban J connectivity index is 2.91. The molecule has 0 unspecified atom stereocenters. The van der Waals surface area contributed by atoms with Crippen LogP contribution in [0.2, 0.25) is 0 Å². The van der Waals surface area contributed by atoms with Crippen molar-refractivity contribution in [2.75, 3.05) is 5.33 Å². The summed E-state index contributed by atoms with van der Waals surface area (Å²) in [5.41, 5.74) is 0. The Hall–Kier alpha value is 0.480. The van der Waals surface area contributed by atoms with Crippen LogP contribution in [0.25, 0.3) is 0 Å². The summed E-state index contributed by atoms with van der Waals surface area (Å²) in [6.45, 7) is 4.67. The number of unbranched alkanes of at least 4 members (excludes halogenated alkanes) is 12. The fraction of sp³-hybridized carbons (Fsp3) is 1.00. The van der Waals surface area contributed by atoms with E-state index in [0.717, 1.165) is 5.92 Å². The van der Waals surface area contributed by atoms with Crippen molar-refractivity contribution in [3.05, 3.63) is 0 Å². The lowest BCUT2D eigenvalue weighted by atomic mass is 10.0. The lowest BCUT2D eigenvalue weighted by Crippen LogP contribution is -1.87. The van der Waals surface area contributed by atoms with Crippen LogP contribution < -0.4 is 0 Å². The van der Waals surface area contributed by atoms with Crippen molar-refractivity contribution in [3.8, 4) is 0 Å². The molecule has 0 saturated carbocycles. The highest BCUT2D eigenvalue weighted by Crippen LogP contribution is 2.14. The van der Waals surface area contributed by atoms with Crippen LogP contribution in [0.4, 0.5) is 0 Å². The zero-order valence-corrected chi connectivity index (χ0v) is 15.1. The molecule has 0 nitrogen and oxygen atoms in total. The molecule has 0 heterocycles. The van der Waals surface area contributed by atoms with Crippen LogP contribution in [-0.4, -0.2) is 5.33 Å². The summed E-state index contributed by atoms with van der Waals surface area (Å²) in [6.07, 6.45) is 20.3. The monoisotopic (exact) mass is 332 g/mol. The molecule has 0 aromatic rings. The molecule has 0 atom stereocenters. The second kappa shape index (κ2) is 16.5. The van der Waals surface area contributed by atoms with E-state index in [-0.39, 0.29) is 0 Å². The number of alkyl halides is 1. The van der Waals surface area contributed by atoms with Gasteiger partial charge in [0.15, 0.2) is 0 Å². The maximum atomic E-state index is 3.49. The van der Waals surface area contributed by atoms with Crippen molar-refractivity contribution in [1.29, 1.82) is 0 Å². The van der Waals surface area contributed by atoms with Gasteiger partial charge in [0.25, 0.3) is 0 Å². The Morgan fingerprint density at radius 1 is 0.526 bits per heavy atom. The standard InChI is InChI=1S/C18H37Br/c1-18(2)16-14-12-10-8-6-4-3-5-7-9-11-13-15-17-19/h18H,3-17H2,1-2H3. The summed E-state index contributed by atoms with van der Waals surface area (Å²) in [7, 11) is 0. The van der Waals surface area contributed by atoms with Gasteiger partial charge in [0.05, 0.1) is 0 Å². The van der Waals surface area contributed by atoms with Crippen molar-refractivity contribution < 1.29 is 0 Å². The minimum absolute atomic E-state index is 0.898. The van der Waals surface area contributed by atoms with E-state index in [2.05, 4.69) is 29.8 Å². The molecule has 0 radical (unpaired) electrons. The zero-order valence-electron chi connectivity index (χ0n) is 13.6. The molecule has 0 fully saturated rings. The molecule has 0 rings (SSSR count). The largest absolute Gasteiger partial charge is 0.0928 e. The van der Waals surface area contributed by atoms with Gasteiger partial charge < -0.3 is 0 Å². The van der Waals surface area contributed by atoms with Crippen LogP contribution in [0, 0.1) is 5.92 Å². The summed E-state index contributed by atoms with van der Waals surface area (Å²) in [6, 6.07) is 0. The van der Waals surface area contributed by atoms with Crippen molar-refractivity contribution in [2.24, 2.45) is 5.92 Å². The molecule has 0 aromatic carbocycles. The molecule has 0 aliphatic carbocycles. The SMILES string of the molecule is CC(C)CCCCCCCCCCCCCCCBr. The molecule has 116 valence electrons. The summed E-state index contributed by atoms with van der Waals surface area (Å²) in [5, 5.41) is 1.18. The first-order valence-electron chi connectivity index (χ1n) is 8.83. The zero-order chi connectivity index (χ0) is 14.2. The third kappa shape index (κ3) is 18.5. The van der Waals surface area contributed by atoms with Gasteiger partial charge in [-0.1, -0.05) is 113 Å². The molecule has 0 saturated heterocycles. The fourth-order valence-electron chi connectivity index (χ4n) is 2.59. The fourth-order valence-corrected chi connectivity index (χ4v) is 2.99. The van der Waals surface area contributed by atoms with Crippen LogP contribution in [0.15, 0.2) is 0 Å². The highest BCUT2D eigenvalue weighted by atomic mass is 79.9. The van der Waals surface area contributed by atoms with Gasteiger partial charge in [0.1, 0.15) is 0 Å². The molecular weight excluding hydrogens is 296 g/mol. The predicted octanol–water partition coefficient (Wildman–Crippen LogP) is 7.50. The molecule has 0 aromatic heterocycles. The first-order chi connectivity index (χ1) is 9.27. The average molecular weight is 333 g/mol. The van der Waals surface area contributed by atoms with Gasteiger partial charge in [-0.3, -0.25) is 0 Å².